The maximum Gasteiger partial charge on any atom is 0.238 e. The van der Waals surface area contributed by atoms with Crippen LogP contribution in [-0.4, -0.2) is 51.1 Å². The fourth-order valence-corrected chi connectivity index (χ4v) is 3.84. The molecule has 0 fully saturated rings. The number of aromatic hydroxyl groups is 1. The van der Waals surface area contributed by atoms with Gasteiger partial charge in [0.05, 0.1) is 17.8 Å². The van der Waals surface area contributed by atoms with Gasteiger partial charge in [-0.3, -0.25) is 4.79 Å². The SMILES string of the molecule is CON=C(CNC(=O)C(Cc1ccc(O)cc1)NS(C)(=O)=O)c1ccc(Cl)cc1Cl. The number of halogens is 2. The Morgan fingerprint density at radius 3 is 2.43 bits per heavy atom. The second-order valence-corrected chi connectivity index (χ2v) is 9.00. The minimum absolute atomic E-state index is 0.0639. The van der Waals surface area contributed by atoms with E-state index in [0.29, 0.717) is 26.9 Å². The van der Waals surface area contributed by atoms with Crippen LogP contribution in [0, 0.1) is 0 Å². The van der Waals surface area contributed by atoms with Crippen molar-refractivity contribution in [3.63, 3.8) is 0 Å². The number of hydrogen-bond donors (Lipinski definition) is 3. The van der Waals surface area contributed by atoms with Crippen LogP contribution in [0.4, 0.5) is 0 Å². The molecule has 0 bridgehead atoms. The van der Waals surface area contributed by atoms with Gasteiger partial charge in [-0.2, -0.15) is 0 Å². The van der Waals surface area contributed by atoms with E-state index in [-0.39, 0.29) is 18.7 Å². The fourth-order valence-electron chi connectivity index (χ4n) is 2.62. The number of phenols is 1. The van der Waals surface area contributed by atoms with E-state index in [2.05, 4.69) is 15.2 Å². The number of amides is 1. The molecule has 0 spiro atoms. The summed E-state index contributed by atoms with van der Waals surface area (Å²) in [6.45, 7) is -0.0639. The quantitative estimate of drug-likeness (QED) is 0.381. The number of rotatable bonds is 9. The molecule has 0 saturated heterocycles. The zero-order valence-corrected chi connectivity index (χ0v) is 18.6. The van der Waals surface area contributed by atoms with Gasteiger partial charge in [-0.25, -0.2) is 13.1 Å². The molecule has 8 nitrogen and oxygen atoms in total. The third kappa shape index (κ3) is 7.49. The fraction of sp³-hybridized carbons (Fsp3) is 0.263. The van der Waals surface area contributed by atoms with E-state index in [1.807, 2.05) is 0 Å². The van der Waals surface area contributed by atoms with Crippen molar-refractivity contribution in [3.8, 4) is 5.75 Å². The summed E-state index contributed by atoms with van der Waals surface area (Å²) in [5.74, 6) is -0.501. The topological polar surface area (TPSA) is 117 Å². The maximum absolute atomic E-state index is 12.7. The largest absolute Gasteiger partial charge is 0.508 e. The zero-order valence-electron chi connectivity index (χ0n) is 16.2. The van der Waals surface area contributed by atoms with Crippen LogP contribution in [0.25, 0.3) is 0 Å². The standard InChI is InChI=1S/C19H21Cl2N3O5S/c1-29-23-18(15-8-5-13(20)10-16(15)21)11-22-19(26)17(24-30(2,27)28)9-12-3-6-14(25)7-4-12/h3-8,10,17,24-25H,9,11H2,1-2H3,(H,22,26). The van der Waals surface area contributed by atoms with Gasteiger partial charge in [0, 0.05) is 10.6 Å². The molecular formula is C19H21Cl2N3O5S. The molecule has 2 aromatic rings. The molecule has 0 aliphatic heterocycles. The Balaban J connectivity index is 2.18. The number of nitrogens with zero attached hydrogens (tertiary/aromatic N) is 1. The van der Waals surface area contributed by atoms with Crippen molar-refractivity contribution in [2.75, 3.05) is 19.9 Å². The average molecular weight is 474 g/mol. The van der Waals surface area contributed by atoms with Crippen molar-refractivity contribution >= 4 is 44.8 Å². The first-order chi connectivity index (χ1) is 14.1. The summed E-state index contributed by atoms with van der Waals surface area (Å²) in [4.78, 5) is 17.6. The highest BCUT2D eigenvalue weighted by molar-refractivity contribution is 7.88. The lowest BCUT2D eigenvalue weighted by molar-refractivity contribution is -0.122. The number of carbonyl (C=O) groups excluding carboxylic acids is 1. The molecular weight excluding hydrogens is 453 g/mol. The molecule has 0 aliphatic rings. The predicted molar refractivity (Wildman–Crippen MR) is 117 cm³/mol. The van der Waals surface area contributed by atoms with E-state index < -0.39 is 22.0 Å². The average Bonchev–Trinajstić information content (AvgIpc) is 2.65. The highest BCUT2D eigenvalue weighted by Crippen LogP contribution is 2.21. The van der Waals surface area contributed by atoms with Crippen LogP contribution >= 0.6 is 23.2 Å². The summed E-state index contributed by atoms with van der Waals surface area (Å²) in [6, 6.07) is 9.83. The van der Waals surface area contributed by atoms with Crippen molar-refractivity contribution in [1.82, 2.24) is 10.0 Å². The smallest absolute Gasteiger partial charge is 0.238 e. The Kier molecular flexibility index (Phi) is 8.48. The van der Waals surface area contributed by atoms with Crippen molar-refractivity contribution in [3.05, 3.63) is 63.6 Å². The van der Waals surface area contributed by atoms with Gasteiger partial charge in [-0.05, 0) is 42.3 Å². The van der Waals surface area contributed by atoms with Crippen LogP contribution in [0.2, 0.25) is 10.0 Å². The third-order valence-electron chi connectivity index (χ3n) is 3.92. The molecule has 162 valence electrons. The Morgan fingerprint density at radius 1 is 1.20 bits per heavy atom. The highest BCUT2D eigenvalue weighted by Gasteiger charge is 2.23. The molecule has 11 heteroatoms. The Bertz CT molecular complexity index is 1030. The van der Waals surface area contributed by atoms with Crippen molar-refractivity contribution < 1.29 is 23.2 Å². The molecule has 1 atom stereocenters. The summed E-state index contributed by atoms with van der Waals surface area (Å²) in [7, 11) is -2.31. The first-order valence-electron chi connectivity index (χ1n) is 8.67. The van der Waals surface area contributed by atoms with Crippen LogP contribution in [0.5, 0.6) is 5.75 Å². The second-order valence-electron chi connectivity index (χ2n) is 6.38. The minimum atomic E-state index is -3.66. The van der Waals surface area contributed by atoms with Crippen LogP contribution in [-0.2, 0) is 26.1 Å². The number of phenolic OH excluding ortho intramolecular Hbond substituents is 1. The van der Waals surface area contributed by atoms with Gasteiger partial charge in [0.25, 0.3) is 0 Å². The van der Waals surface area contributed by atoms with E-state index >= 15 is 0 Å². The molecule has 3 N–H and O–H groups in total. The minimum Gasteiger partial charge on any atom is -0.508 e. The Hall–Kier alpha value is -2.33. The number of hydrogen-bond acceptors (Lipinski definition) is 6. The maximum atomic E-state index is 12.7. The molecule has 0 aromatic heterocycles. The van der Waals surface area contributed by atoms with Gasteiger partial charge in [-0.15, -0.1) is 0 Å². The monoisotopic (exact) mass is 473 g/mol. The molecule has 0 saturated carbocycles. The normalized spacial score (nSPS) is 13.0. The van der Waals surface area contributed by atoms with Gasteiger partial charge in [0.2, 0.25) is 15.9 Å². The van der Waals surface area contributed by atoms with E-state index in [1.165, 1.54) is 25.3 Å². The van der Waals surface area contributed by atoms with Gasteiger partial charge in [0.15, 0.2) is 0 Å². The molecule has 1 amide bonds. The highest BCUT2D eigenvalue weighted by atomic mass is 35.5. The molecule has 1 unspecified atom stereocenters. The van der Waals surface area contributed by atoms with Gasteiger partial charge in [0.1, 0.15) is 24.6 Å². The van der Waals surface area contributed by atoms with E-state index in [0.717, 1.165) is 6.26 Å². The van der Waals surface area contributed by atoms with Gasteiger partial charge >= 0.3 is 0 Å². The van der Waals surface area contributed by atoms with Crippen molar-refractivity contribution in [2.45, 2.75) is 12.5 Å². The molecule has 0 aliphatic carbocycles. The predicted octanol–water partition coefficient (Wildman–Crippen LogP) is 2.33. The number of nitrogens with one attached hydrogen (secondary N) is 2. The summed E-state index contributed by atoms with van der Waals surface area (Å²) >= 11 is 12.1. The molecule has 2 rings (SSSR count). The van der Waals surface area contributed by atoms with E-state index in [4.69, 9.17) is 28.0 Å². The van der Waals surface area contributed by atoms with E-state index in [9.17, 15) is 18.3 Å². The summed E-state index contributed by atoms with van der Waals surface area (Å²) in [5, 5.41) is 16.7. The number of oxime groups is 1. The summed E-state index contributed by atoms with van der Waals surface area (Å²) in [6.07, 6.45) is 1.05. The van der Waals surface area contributed by atoms with E-state index in [1.54, 1.807) is 24.3 Å². The van der Waals surface area contributed by atoms with Crippen LogP contribution in [0.1, 0.15) is 11.1 Å². The Morgan fingerprint density at radius 2 is 1.87 bits per heavy atom. The number of benzene rings is 2. The third-order valence-corrected chi connectivity index (χ3v) is 5.18. The lowest BCUT2D eigenvalue weighted by Gasteiger charge is -2.18. The molecule has 0 heterocycles. The van der Waals surface area contributed by atoms with Crippen LogP contribution in [0.3, 0.4) is 0 Å². The molecule has 2 aromatic carbocycles. The number of sulfonamides is 1. The Labute approximate surface area is 184 Å². The lowest BCUT2D eigenvalue weighted by Crippen LogP contribution is -2.48. The number of carbonyl (C=O) groups is 1. The second kappa shape index (κ2) is 10.6. The summed E-state index contributed by atoms with van der Waals surface area (Å²) in [5.41, 5.74) is 1.50. The molecule has 30 heavy (non-hydrogen) atoms. The van der Waals surface area contributed by atoms with Gasteiger partial charge < -0.3 is 15.3 Å². The zero-order chi connectivity index (χ0) is 22.3. The summed E-state index contributed by atoms with van der Waals surface area (Å²) < 4.78 is 25.8. The lowest BCUT2D eigenvalue weighted by atomic mass is 10.1. The first-order valence-corrected chi connectivity index (χ1v) is 11.3. The van der Waals surface area contributed by atoms with Crippen LogP contribution < -0.4 is 10.0 Å². The first kappa shape index (κ1) is 23.9. The molecule has 0 radical (unpaired) electrons. The van der Waals surface area contributed by atoms with Crippen LogP contribution in [0.15, 0.2) is 47.6 Å². The van der Waals surface area contributed by atoms with Gasteiger partial charge in [-0.1, -0.05) is 40.5 Å². The van der Waals surface area contributed by atoms with Crippen molar-refractivity contribution in [1.29, 1.82) is 0 Å². The van der Waals surface area contributed by atoms with Crippen molar-refractivity contribution in [2.24, 2.45) is 5.16 Å².